The van der Waals surface area contributed by atoms with Gasteiger partial charge in [-0.2, -0.15) is 8.42 Å². The van der Waals surface area contributed by atoms with Crippen molar-refractivity contribution < 1.29 is 22.8 Å². The molecule has 29 heavy (non-hydrogen) atoms. The van der Waals surface area contributed by atoms with Gasteiger partial charge in [0, 0.05) is 6.07 Å². The van der Waals surface area contributed by atoms with Crippen LogP contribution in [0.2, 0.25) is 0 Å². The third-order valence-corrected chi connectivity index (χ3v) is 5.89. The van der Waals surface area contributed by atoms with Crippen molar-refractivity contribution in [2.45, 2.75) is 76.0 Å². The van der Waals surface area contributed by atoms with Crippen molar-refractivity contribution in [3.8, 4) is 17.2 Å². The summed E-state index contributed by atoms with van der Waals surface area (Å²) in [4.78, 5) is -0.192. The van der Waals surface area contributed by atoms with Crippen molar-refractivity contribution in [3.05, 3.63) is 48.0 Å². The molecule has 0 atom stereocenters. The van der Waals surface area contributed by atoms with E-state index in [1.165, 1.54) is 56.7 Å². The summed E-state index contributed by atoms with van der Waals surface area (Å²) < 4.78 is 39.5. The molecular formula is C23H32O5S. The lowest BCUT2D eigenvalue weighted by Crippen LogP contribution is -2.06. The molecule has 160 valence electrons. The van der Waals surface area contributed by atoms with Crippen LogP contribution in [0.15, 0.2) is 47.4 Å². The molecule has 2 aromatic rings. The lowest BCUT2D eigenvalue weighted by atomic mass is 10.0. The molecule has 0 heterocycles. The summed E-state index contributed by atoms with van der Waals surface area (Å²) in [7, 11) is -4.44. The molecule has 0 amide bonds. The third-order valence-electron chi connectivity index (χ3n) is 4.91. The minimum atomic E-state index is -4.44. The zero-order chi connectivity index (χ0) is 21.1. The molecule has 6 heteroatoms. The molecule has 2 rings (SSSR count). The number of phenolic OH excluding ortho intramolecular Hbond substituents is 1. The molecule has 0 bridgehead atoms. The SMILES string of the molecule is CCCCCCCCCCCc1cccc(Oc2cccc(O)c2)c1S(=O)(=O)O. The molecule has 0 aromatic heterocycles. The third kappa shape index (κ3) is 8.07. The molecule has 5 nitrogen and oxygen atoms in total. The standard InChI is InChI=1S/C23H32O5S/c1-2-3-4-5-6-7-8-9-10-13-19-14-11-17-22(23(19)29(25,26)27)28-21-16-12-15-20(24)18-21/h11-12,14-18,24H,2-10,13H2,1H3,(H,25,26,27). The number of aromatic hydroxyl groups is 1. The summed E-state index contributed by atoms with van der Waals surface area (Å²) >= 11 is 0. The highest BCUT2D eigenvalue weighted by Crippen LogP contribution is 2.33. The van der Waals surface area contributed by atoms with Crippen LogP contribution in [0.3, 0.4) is 0 Å². The number of hydrogen-bond donors (Lipinski definition) is 2. The second-order valence-electron chi connectivity index (χ2n) is 7.40. The van der Waals surface area contributed by atoms with E-state index in [1.807, 2.05) is 0 Å². The predicted molar refractivity (Wildman–Crippen MR) is 115 cm³/mol. The van der Waals surface area contributed by atoms with Gasteiger partial charge in [0.1, 0.15) is 22.1 Å². The van der Waals surface area contributed by atoms with E-state index in [2.05, 4.69) is 6.92 Å². The Balaban J connectivity index is 1.97. The van der Waals surface area contributed by atoms with Crippen LogP contribution in [0.25, 0.3) is 0 Å². The summed E-state index contributed by atoms with van der Waals surface area (Å²) in [5, 5.41) is 9.57. The van der Waals surface area contributed by atoms with Gasteiger partial charge < -0.3 is 9.84 Å². The molecule has 0 aliphatic carbocycles. The first kappa shape index (κ1) is 23.2. The van der Waals surface area contributed by atoms with Crippen LogP contribution < -0.4 is 4.74 Å². The number of benzene rings is 2. The number of rotatable bonds is 13. The summed E-state index contributed by atoms with van der Waals surface area (Å²) in [5.74, 6) is 0.378. The van der Waals surface area contributed by atoms with Gasteiger partial charge in [-0.3, -0.25) is 4.55 Å². The molecule has 0 fully saturated rings. The Morgan fingerprint density at radius 1 is 0.862 bits per heavy atom. The zero-order valence-corrected chi connectivity index (χ0v) is 18.0. The van der Waals surface area contributed by atoms with Gasteiger partial charge in [0.2, 0.25) is 0 Å². The first-order valence-corrected chi connectivity index (χ1v) is 11.9. The van der Waals surface area contributed by atoms with Crippen LogP contribution in [0.5, 0.6) is 17.2 Å². The van der Waals surface area contributed by atoms with Gasteiger partial charge >= 0.3 is 0 Å². The van der Waals surface area contributed by atoms with Crippen molar-refractivity contribution in [3.63, 3.8) is 0 Å². The quantitative estimate of drug-likeness (QED) is 0.285. The van der Waals surface area contributed by atoms with Gasteiger partial charge in [0.15, 0.2) is 0 Å². The fourth-order valence-electron chi connectivity index (χ4n) is 3.43. The number of unbranched alkanes of at least 4 members (excludes halogenated alkanes) is 8. The Bertz CT molecular complexity index is 861. The highest BCUT2D eigenvalue weighted by Gasteiger charge is 2.22. The number of hydrogen-bond acceptors (Lipinski definition) is 4. The van der Waals surface area contributed by atoms with Gasteiger partial charge in [-0.1, -0.05) is 76.5 Å². The largest absolute Gasteiger partial charge is 0.508 e. The average molecular weight is 421 g/mol. The second-order valence-corrected chi connectivity index (χ2v) is 8.76. The van der Waals surface area contributed by atoms with E-state index in [1.54, 1.807) is 24.3 Å². The van der Waals surface area contributed by atoms with Crippen LogP contribution in [0.4, 0.5) is 0 Å². The molecule has 0 unspecified atom stereocenters. The monoisotopic (exact) mass is 420 g/mol. The molecule has 0 saturated carbocycles. The summed E-state index contributed by atoms with van der Waals surface area (Å²) in [6.45, 7) is 2.21. The topological polar surface area (TPSA) is 83.8 Å². The number of ether oxygens (including phenoxy) is 1. The van der Waals surface area contributed by atoms with Crippen molar-refractivity contribution in [2.24, 2.45) is 0 Å². The second kappa shape index (κ2) is 11.8. The van der Waals surface area contributed by atoms with Crippen LogP contribution in [0, 0.1) is 0 Å². The molecule has 0 saturated heterocycles. The van der Waals surface area contributed by atoms with E-state index in [0.717, 1.165) is 19.3 Å². The Morgan fingerprint density at radius 2 is 1.48 bits per heavy atom. The van der Waals surface area contributed by atoms with Crippen molar-refractivity contribution in [1.29, 1.82) is 0 Å². The minimum absolute atomic E-state index is 0.0155. The molecule has 2 N–H and O–H groups in total. The summed E-state index contributed by atoms with van der Waals surface area (Å²) in [6.07, 6.45) is 11.2. The normalized spacial score (nSPS) is 11.5. The van der Waals surface area contributed by atoms with Gasteiger partial charge in [0.05, 0.1) is 0 Å². The molecule has 0 aliphatic heterocycles. The first-order valence-electron chi connectivity index (χ1n) is 10.5. The molecular weight excluding hydrogens is 388 g/mol. The van der Waals surface area contributed by atoms with E-state index in [0.29, 0.717) is 17.7 Å². The zero-order valence-electron chi connectivity index (χ0n) is 17.1. The Labute approximate surface area is 174 Å². The van der Waals surface area contributed by atoms with E-state index < -0.39 is 10.1 Å². The average Bonchev–Trinajstić information content (AvgIpc) is 2.66. The summed E-state index contributed by atoms with van der Waals surface area (Å²) in [6, 6.07) is 11.0. The molecule has 0 radical (unpaired) electrons. The number of aryl methyl sites for hydroxylation is 1. The highest BCUT2D eigenvalue weighted by molar-refractivity contribution is 7.86. The van der Waals surface area contributed by atoms with Crippen LogP contribution in [-0.4, -0.2) is 18.1 Å². The van der Waals surface area contributed by atoms with Crippen molar-refractivity contribution in [1.82, 2.24) is 0 Å². The fourth-order valence-corrected chi connectivity index (χ4v) is 4.30. The lowest BCUT2D eigenvalue weighted by Gasteiger charge is -2.13. The fraction of sp³-hybridized carbons (Fsp3) is 0.478. The van der Waals surface area contributed by atoms with E-state index in [-0.39, 0.29) is 16.4 Å². The Kier molecular flexibility index (Phi) is 9.48. The lowest BCUT2D eigenvalue weighted by molar-refractivity contribution is 0.438. The Hall–Kier alpha value is -2.05. The molecule has 0 spiro atoms. The Morgan fingerprint density at radius 3 is 2.10 bits per heavy atom. The number of phenols is 1. The van der Waals surface area contributed by atoms with Crippen molar-refractivity contribution >= 4 is 10.1 Å². The van der Waals surface area contributed by atoms with E-state index in [9.17, 15) is 18.1 Å². The van der Waals surface area contributed by atoms with Crippen molar-refractivity contribution in [2.75, 3.05) is 0 Å². The molecule has 2 aromatic carbocycles. The van der Waals surface area contributed by atoms with Gasteiger partial charge in [-0.05, 0) is 36.6 Å². The molecule has 0 aliphatic rings. The van der Waals surface area contributed by atoms with E-state index >= 15 is 0 Å². The maximum atomic E-state index is 12.0. The van der Waals surface area contributed by atoms with Crippen LogP contribution >= 0.6 is 0 Å². The van der Waals surface area contributed by atoms with Gasteiger partial charge in [-0.25, -0.2) is 0 Å². The predicted octanol–water partition coefficient (Wildman–Crippen LogP) is 6.50. The highest BCUT2D eigenvalue weighted by atomic mass is 32.2. The maximum absolute atomic E-state index is 12.0. The summed E-state index contributed by atoms with van der Waals surface area (Å²) in [5.41, 5.74) is 0.549. The maximum Gasteiger partial charge on any atom is 0.298 e. The first-order chi connectivity index (χ1) is 13.9. The van der Waals surface area contributed by atoms with E-state index in [4.69, 9.17) is 4.74 Å². The van der Waals surface area contributed by atoms with Crippen LogP contribution in [0.1, 0.15) is 70.3 Å². The smallest absolute Gasteiger partial charge is 0.298 e. The van der Waals surface area contributed by atoms with Gasteiger partial charge in [-0.15, -0.1) is 0 Å². The van der Waals surface area contributed by atoms with Crippen LogP contribution in [-0.2, 0) is 16.5 Å². The minimum Gasteiger partial charge on any atom is -0.508 e. The van der Waals surface area contributed by atoms with Gasteiger partial charge in [0.25, 0.3) is 10.1 Å².